The second-order valence-electron chi connectivity index (χ2n) is 6.04. The van der Waals surface area contributed by atoms with Crippen LogP contribution in [0.15, 0.2) is 0 Å². The summed E-state index contributed by atoms with van der Waals surface area (Å²) in [5, 5.41) is 13.1. The van der Waals surface area contributed by atoms with E-state index < -0.39 is 0 Å². The number of rotatable bonds is 12. The second-order valence-corrected chi connectivity index (χ2v) is 6.04. The van der Waals surface area contributed by atoms with Gasteiger partial charge in [0.05, 0.1) is 6.61 Å². The molecule has 0 spiro atoms. The topological polar surface area (TPSA) is 38.7 Å². The van der Waals surface area contributed by atoms with Crippen LogP contribution in [0.4, 0.5) is 0 Å². The van der Waals surface area contributed by atoms with Crippen LogP contribution in [0, 0.1) is 0 Å². The van der Waals surface area contributed by atoms with Crippen LogP contribution < -0.4 is 5.32 Å². The smallest absolute Gasteiger partial charge is 0.0611 e. The van der Waals surface area contributed by atoms with Crippen LogP contribution in [0.25, 0.3) is 0 Å². The molecule has 0 aromatic heterocycles. The van der Waals surface area contributed by atoms with Crippen LogP contribution in [0.1, 0.15) is 40.0 Å². The fourth-order valence-corrected chi connectivity index (χ4v) is 2.05. The van der Waals surface area contributed by atoms with Crippen molar-refractivity contribution in [2.75, 3.05) is 53.4 Å². The molecule has 0 heterocycles. The summed E-state index contributed by atoms with van der Waals surface area (Å²) in [7, 11) is 4.23. The minimum Gasteiger partial charge on any atom is -0.394 e. The molecule has 0 saturated heterocycles. The summed E-state index contributed by atoms with van der Waals surface area (Å²) in [4.78, 5) is 4.73. The number of nitrogens with one attached hydrogen (secondary N) is 1. The van der Waals surface area contributed by atoms with Crippen LogP contribution in [-0.4, -0.2) is 73.9 Å². The Kier molecular flexibility index (Phi) is 10.5. The first-order valence-corrected chi connectivity index (χ1v) is 7.70. The van der Waals surface area contributed by atoms with Crippen molar-refractivity contribution in [1.29, 1.82) is 0 Å². The number of hydrogen-bond acceptors (Lipinski definition) is 4. The van der Waals surface area contributed by atoms with E-state index >= 15 is 0 Å². The minimum absolute atomic E-state index is 0.139. The van der Waals surface area contributed by atoms with Crippen LogP contribution in [0.2, 0.25) is 0 Å². The summed E-state index contributed by atoms with van der Waals surface area (Å²) in [6, 6.07) is 0. The molecule has 19 heavy (non-hydrogen) atoms. The van der Waals surface area contributed by atoms with E-state index in [4.69, 9.17) is 0 Å². The number of aliphatic hydroxyl groups is 1. The number of likely N-dealkylation sites (N-methyl/N-ethyl adjacent to an activating group) is 1. The molecule has 0 radical (unpaired) electrons. The lowest BCUT2D eigenvalue weighted by molar-refractivity contribution is 0.142. The van der Waals surface area contributed by atoms with E-state index in [1.54, 1.807) is 0 Å². The number of aliphatic hydroxyl groups excluding tert-OH is 1. The molecule has 2 N–H and O–H groups in total. The SMILES string of the molecule is CCCNC(C)(CO)CCN(CCC)CCN(C)C. The van der Waals surface area contributed by atoms with Crippen molar-refractivity contribution in [3.05, 3.63) is 0 Å². The molecule has 0 rings (SSSR count). The summed E-state index contributed by atoms with van der Waals surface area (Å²) >= 11 is 0. The first kappa shape index (κ1) is 18.8. The Hall–Kier alpha value is -0.160. The molecule has 4 heteroatoms. The fraction of sp³-hybridized carbons (Fsp3) is 1.00. The summed E-state index contributed by atoms with van der Waals surface area (Å²) in [5.74, 6) is 0. The molecule has 4 nitrogen and oxygen atoms in total. The van der Waals surface area contributed by atoms with E-state index in [1.807, 2.05) is 0 Å². The predicted molar refractivity (Wildman–Crippen MR) is 83.7 cm³/mol. The highest BCUT2D eigenvalue weighted by atomic mass is 16.3. The van der Waals surface area contributed by atoms with E-state index in [0.717, 1.165) is 45.6 Å². The zero-order valence-corrected chi connectivity index (χ0v) is 13.7. The molecule has 0 aromatic rings. The highest BCUT2D eigenvalue weighted by molar-refractivity contribution is 4.83. The first-order chi connectivity index (χ1) is 8.97. The van der Waals surface area contributed by atoms with E-state index in [-0.39, 0.29) is 12.1 Å². The molecular formula is C15H35N3O. The Labute approximate surface area is 120 Å². The van der Waals surface area contributed by atoms with Gasteiger partial charge in [0, 0.05) is 25.2 Å². The molecule has 0 saturated carbocycles. The van der Waals surface area contributed by atoms with Crippen molar-refractivity contribution in [3.63, 3.8) is 0 Å². The van der Waals surface area contributed by atoms with E-state index in [1.165, 1.54) is 6.42 Å². The molecular weight excluding hydrogens is 238 g/mol. The van der Waals surface area contributed by atoms with Crippen molar-refractivity contribution in [2.24, 2.45) is 0 Å². The van der Waals surface area contributed by atoms with Crippen LogP contribution in [0.5, 0.6) is 0 Å². The Bertz CT molecular complexity index is 212. The van der Waals surface area contributed by atoms with Crippen molar-refractivity contribution in [2.45, 2.75) is 45.6 Å². The molecule has 1 unspecified atom stereocenters. The third-order valence-corrected chi connectivity index (χ3v) is 3.53. The van der Waals surface area contributed by atoms with Gasteiger partial charge in [-0.25, -0.2) is 0 Å². The molecule has 0 aliphatic carbocycles. The van der Waals surface area contributed by atoms with Crippen LogP contribution in [-0.2, 0) is 0 Å². The minimum atomic E-state index is -0.139. The zero-order chi connectivity index (χ0) is 14.7. The van der Waals surface area contributed by atoms with Gasteiger partial charge in [-0.2, -0.15) is 0 Å². The monoisotopic (exact) mass is 273 g/mol. The molecule has 0 bridgehead atoms. The standard InChI is InChI=1S/C15H35N3O/c1-6-9-16-15(3,14-19)8-11-18(10-7-2)13-12-17(4)5/h16,19H,6-14H2,1-5H3. The van der Waals surface area contributed by atoms with E-state index in [0.29, 0.717) is 0 Å². The molecule has 0 fully saturated rings. The van der Waals surface area contributed by atoms with Crippen LogP contribution >= 0.6 is 0 Å². The summed E-state index contributed by atoms with van der Waals surface area (Å²) in [5.41, 5.74) is -0.139. The van der Waals surface area contributed by atoms with Crippen molar-refractivity contribution in [1.82, 2.24) is 15.1 Å². The van der Waals surface area contributed by atoms with Gasteiger partial charge in [0.1, 0.15) is 0 Å². The van der Waals surface area contributed by atoms with Gasteiger partial charge in [0.15, 0.2) is 0 Å². The predicted octanol–water partition coefficient (Wildman–Crippen LogP) is 1.40. The normalized spacial score (nSPS) is 15.2. The Morgan fingerprint density at radius 1 is 1.00 bits per heavy atom. The molecule has 116 valence electrons. The largest absolute Gasteiger partial charge is 0.394 e. The fourth-order valence-electron chi connectivity index (χ4n) is 2.05. The van der Waals surface area contributed by atoms with Gasteiger partial charge in [0.25, 0.3) is 0 Å². The van der Waals surface area contributed by atoms with Gasteiger partial charge in [0.2, 0.25) is 0 Å². The zero-order valence-electron chi connectivity index (χ0n) is 13.7. The van der Waals surface area contributed by atoms with Gasteiger partial charge >= 0.3 is 0 Å². The van der Waals surface area contributed by atoms with Gasteiger partial charge in [-0.05, 0) is 53.4 Å². The molecule has 0 aromatic carbocycles. The van der Waals surface area contributed by atoms with Gasteiger partial charge in [-0.3, -0.25) is 0 Å². The molecule has 0 aliphatic rings. The van der Waals surface area contributed by atoms with Gasteiger partial charge < -0.3 is 20.2 Å². The first-order valence-electron chi connectivity index (χ1n) is 7.70. The van der Waals surface area contributed by atoms with E-state index in [2.05, 4.69) is 50.0 Å². The van der Waals surface area contributed by atoms with Crippen molar-refractivity contribution in [3.8, 4) is 0 Å². The Morgan fingerprint density at radius 2 is 1.68 bits per heavy atom. The lowest BCUT2D eigenvalue weighted by Gasteiger charge is -2.32. The van der Waals surface area contributed by atoms with Crippen molar-refractivity contribution >= 4 is 0 Å². The lowest BCUT2D eigenvalue weighted by Crippen LogP contribution is -2.48. The molecule has 0 amide bonds. The summed E-state index contributed by atoms with van der Waals surface area (Å²) in [6.07, 6.45) is 3.29. The third kappa shape index (κ3) is 9.38. The highest BCUT2D eigenvalue weighted by Crippen LogP contribution is 2.10. The maximum Gasteiger partial charge on any atom is 0.0611 e. The maximum absolute atomic E-state index is 9.58. The quantitative estimate of drug-likeness (QED) is 0.564. The highest BCUT2D eigenvalue weighted by Gasteiger charge is 2.22. The number of hydrogen-bond donors (Lipinski definition) is 2. The third-order valence-electron chi connectivity index (χ3n) is 3.53. The second kappa shape index (κ2) is 10.6. The molecule has 0 aliphatic heterocycles. The average molecular weight is 273 g/mol. The van der Waals surface area contributed by atoms with E-state index in [9.17, 15) is 5.11 Å². The average Bonchev–Trinajstić information content (AvgIpc) is 2.39. The number of nitrogens with zero attached hydrogens (tertiary/aromatic N) is 2. The van der Waals surface area contributed by atoms with Crippen LogP contribution in [0.3, 0.4) is 0 Å². The maximum atomic E-state index is 9.58. The molecule has 1 atom stereocenters. The summed E-state index contributed by atoms with van der Waals surface area (Å²) in [6.45, 7) is 12.1. The van der Waals surface area contributed by atoms with Gasteiger partial charge in [-0.1, -0.05) is 13.8 Å². The lowest BCUT2D eigenvalue weighted by atomic mass is 9.98. The van der Waals surface area contributed by atoms with Crippen molar-refractivity contribution < 1.29 is 5.11 Å². The Balaban J connectivity index is 4.17. The summed E-state index contributed by atoms with van der Waals surface area (Å²) < 4.78 is 0. The Morgan fingerprint density at radius 3 is 2.16 bits per heavy atom. The van der Waals surface area contributed by atoms with Gasteiger partial charge in [-0.15, -0.1) is 0 Å².